The van der Waals surface area contributed by atoms with Gasteiger partial charge in [-0.15, -0.1) is 11.8 Å². The summed E-state index contributed by atoms with van der Waals surface area (Å²) >= 11 is 1.59. The lowest BCUT2D eigenvalue weighted by Gasteiger charge is -2.25. The van der Waals surface area contributed by atoms with E-state index in [-0.39, 0.29) is 11.9 Å². The normalized spacial score (nSPS) is 12.1. The molecule has 0 N–H and O–H groups in total. The molecule has 0 bridgehead atoms. The van der Waals surface area contributed by atoms with Crippen molar-refractivity contribution in [1.82, 2.24) is 4.90 Å². The first-order chi connectivity index (χ1) is 11.6. The lowest BCUT2D eigenvalue weighted by Crippen LogP contribution is -2.31. The zero-order chi connectivity index (χ0) is 16.9. The molecule has 0 aromatic heterocycles. The summed E-state index contributed by atoms with van der Waals surface area (Å²) in [6.45, 7) is 2.06. The Morgan fingerprint density at radius 2 is 1.62 bits per heavy atom. The molecule has 0 aliphatic heterocycles. The first-order valence-corrected chi connectivity index (χ1v) is 9.06. The maximum atomic E-state index is 12.5. The van der Waals surface area contributed by atoms with Gasteiger partial charge in [0.15, 0.2) is 0 Å². The minimum Gasteiger partial charge on any atom is -0.338 e. The molecule has 0 spiro atoms. The zero-order valence-electron chi connectivity index (χ0n) is 14.0. The van der Waals surface area contributed by atoms with Crippen LogP contribution < -0.4 is 0 Å². The van der Waals surface area contributed by atoms with Crippen molar-refractivity contribution < 1.29 is 4.79 Å². The summed E-state index contributed by atoms with van der Waals surface area (Å²) in [4.78, 5) is 15.5. The highest BCUT2D eigenvalue weighted by Crippen LogP contribution is 2.25. The van der Waals surface area contributed by atoms with Crippen LogP contribution in [0, 0.1) is 0 Å². The molecule has 1 unspecified atom stereocenters. The monoisotopic (exact) mass is 335 g/mol. The van der Waals surface area contributed by atoms with Crippen LogP contribution in [0.1, 0.15) is 18.5 Å². The Labute approximate surface area is 147 Å². The van der Waals surface area contributed by atoms with Gasteiger partial charge in [0.25, 0.3) is 0 Å². The fourth-order valence-corrected chi connectivity index (χ4v) is 3.54. The Balaban J connectivity index is 1.63. The number of hydrogen-bond donors (Lipinski definition) is 0. The van der Waals surface area contributed by atoms with Crippen LogP contribution in [0.5, 0.6) is 0 Å². The highest BCUT2D eigenvalue weighted by molar-refractivity contribution is 8.00. The van der Waals surface area contributed by atoms with Crippen molar-refractivity contribution in [3.63, 3.8) is 0 Å². The van der Waals surface area contributed by atoms with E-state index in [1.54, 1.807) is 11.8 Å². The number of benzene rings is 3. The highest BCUT2D eigenvalue weighted by atomic mass is 32.2. The van der Waals surface area contributed by atoms with Gasteiger partial charge in [0.1, 0.15) is 0 Å². The molecule has 0 aliphatic carbocycles. The van der Waals surface area contributed by atoms with Gasteiger partial charge in [0.2, 0.25) is 5.91 Å². The molecule has 24 heavy (non-hydrogen) atoms. The first kappa shape index (κ1) is 16.6. The molecule has 3 rings (SSSR count). The van der Waals surface area contributed by atoms with E-state index in [2.05, 4.69) is 49.4 Å². The van der Waals surface area contributed by atoms with Gasteiger partial charge in [-0.25, -0.2) is 0 Å². The lowest BCUT2D eigenvalue weighted by molar-refractivity contribution is -0.128. The highest BCUT2D eigenvalue weighted by Gasteiger charge is 2.17. The van der Waals surface area contributed by atoms with Gasteiger partial charge in [-0.3, -0.25) is 4.79 Å². The van der Waals surface area contributed by atoms with Crippen LogP contribution in [-0.4, -0.2) is 23.6 Å². The second-order valence-electron chi connectivity index (χ2n) is 5.89. The molecule has 0 saturated carbocycles. The Morgan fingerprint density at radius 3 is 2.38 bits per heavy atom. The summed E-state index contributed by atoms with van der Waals surface area (Å²) < 4.78 is 0. The topological polar surface area (TPSA) is 20.3 Å². The molecule has 0 saturated heterocycles. The fourth-order valence-electron chi connectivity index (χ4n) is 2.68. The molecule has 1 atom stereocenters. The van der Waals surface area contributed by atoms with E-state index in [1.807, 2.05) is 42.3 Å². The van der Waals surface area contributed by atoms with Crippen LogP contribution in [0.4, 0.5) is 0 Å². The maximum absolute atomic E-state index is 12.5. The number of fused-ring (bicyclic) bond motifs is 1. The third kappa shape index (κ3) is 3.80. The second-order valence-corrected chi connectivity index (χ2v) is 6.94. The molecule has 0 aliphatic rings. The summed E-state index contributed by atoms with van der Waals surface area (Å²) in [6, 6.07) is 24.8. The van der Waals surface area contributed by atoms with Crippen molar-refractivity contribution in [3.8, 4) is 0 Å². The summed E-state index contributed by atoms with van der Waals surface area (Å²) in [6.07, 6.45) is 0. The maximum Gasteiger partial charge on any atom is 0.233 e. The standard InChI is InChI=1S/C21H21NOS/c1-16(17-8-4-3-5-9-17)22(2)21(23)15-24-20-13-12-18-10-6-7-11-19(18)14-20/h3-14,16H,15H2,1-2H3. The molecule has 3 aromatic rings. The van der Waals surface area contributed by atoms with E-state index in [0.717, 1.165) is 10.5 Å². The predicted octanol–water partition coefficient (Wildman–Crippen LogP) is 5.15. The van der Waals surface area contributed by atoms with Crippen LogP contribution in [0.25, 0.3) is 10.8 Å². The van der Waals surface area contributed by atoms with Crippen LogP contribution in [-0.2, 0) is 4.79 Å². The quantitative estimate of drug-likeness (QED) is 0.601. The molecule has 0 fully saturated rings. The first-order valence-electron chi connectivity index (χ1n) is 8.07. The van der Waals surface area contributed by atoms with E-state index in [0.29, 0.717) is 5.75 Å². The van der Waals surface area contributed by atoms with Gasteiger partial charge in [-0.1, -0.05) is 60.7 Å². The summed E-state index contributed by atoms with van der Waals surface area (Å²) in [5, 5.41) is 2.43. The Morgan fingerprint density at radius 1 is 0.958 bits per heavy atom. The molecule has 0 heterocycles. The van der Waals surface area contributed by atoms with Crippen molar-refractivity contribution in [2.45, 2.75) is 17.9 Å². The van der Waals surface area contributed by atoms with Crippen LogP contribution in [0.15, 0.2) is 77.7 Å². The van der Waals surface area contributed by atoms with E-state index in [4.69, 9.17) is 0 Å². The van der Waals surface area contributed by atoms with E-state index < -0.39 is 0 Å². The van der Waals surface area contributed by atoms with E-state index >= 15 is 0 Å². The fraction of sp³-hybridized carbons (Fsp3) is 0.190. The molecular formula is C21H21NOS. The van der Waals surface area contributed by atoms with Crippen LogP contribution >= 0.6 is 11.8 Å². The largest absolute Gasteiger partial charge is 0.338 e. The Bertz CT molecular complexity index is 831. The third-order valence-electron chi connectivity index (χ3n) is 4.34. The Kier molecular flexibility index (Phi) is 5.21. The number of rotatable bonds is 5. The minimum absolute atomic E-state index is 0.0795. The van der Waals surface area contributed by atoms with Gasteiger partial charge in [0.05, 0.1) is 11.8 Å². The zero-order valence-corrected chi connectivity index (χ0v) is 14.8. The van der Waals surface area contributed by atoms with Crippen molar-refractivity contribution >= 4 is 28.4 Å². The molecule has 122 valence electrons. The van der Waals surface area contributed by atoms with E-state index in [1.165, 1.54) is 10.8 Å². The number of carbonyl (C=O) groups is 1. The van der Waals surface area contributed by atoms with Crippen LogP contribution in [0.2, 0.25) is 0 Å². The van der Waals surface area contributed by atoms with Gasteiger partial charge in [0, 0.05) is 11.9 Å². The van der Waals surface area contributed by atoms with Gasteiger partial charge < -0.3 is 4.90 Å². The average molecular weight is 335 g/mol. The van der Waals surface area contributed by atoms with Gasteiger partial charge in [-0.05, 0) is 35.4 Å². The van der Waals surface area contributed by atoms with Crippen molar-refractivity contribution in [3.05, 3.63) is 78.4 Å². The van der Waals surface area contributed by atoms with Crippen molar-refractivity contribution in [2.24, 2.45) is 0 Å². The molecule has 3 heteroatoms. The molecule has 1 amide bonds. The van der Waals surface area contributed by atoms with E-state index in [9.17, 15) is 4.79 Å². The molecule has 2 nitrogen and oxygen atoms in total. The number of carbonyl (C=O) groups excluding carboxylic acids is 1. The average Bonchev–Trinajstić information content (AvgIpc) is 2.65. The van der Waals surface area contributed by atoms with Crippen molar-refractivity contribution in [2.75, 3.05) is 12.8 Å². The molecular weight excluding hydrogens is 314 g/mol. The summed E-state index contributed by atoms with van der Waals surface area (Å²) in [5.74, 6) is 0.593. The summed E-state index contributed by atoms with van der Waals surface area (Å²) in [5.41, 5.74) is 1.16. The number of nitrogens with zero attached hydrogens (tertiary/aromatic N) is 1. The van der Waals surface area contributed by atoms with Crippen molar-refractivity contribution in [1.29, 1.82) is 0 Å². The lowest BCUT2D eigenvalue weighted by atomic mass is 10.1. The summed E-state index contributed by atoms with van der Waals surface area (Å²) in [7, 11) is 1.88. The SMILES string of the molecule is CC(c1ccccc1)N(C)C(=O)CSc1ccc2ccccc2c1. The van der Waals surface area contributed by atoms with Gasteiger partial charge >= 0.3 is 0 Å². The number of thioether (sulfide) groups is 1. The van der Waals surface area contributed by atoms with Crippen LogP contribution in [0.3, 0.4) is 0 Å². The molecule has 3 aromatic carbocycles. The van der Waals surface area contributed by atoms with Gasteiger partial charge in [-0.2, -0.15) is 0 Å². The third-order valence-corrected chi connectivity index (χ3v) is 5.32. The number of amides is 1. The number of hydrogen-bond acceptors (Lipinski definition) is 2. The molecule has 0 radical (unpaired) electrons. The minimum atomic E-state index is 0.0795. The smallest absolute Gasteiger partial charge is 0.233 e. The predicted molar refractivity (Wildman–Crippen MR) is 102 cm³/mol. The second kappa shape index (κ2) is 7.54. The Hall–Kier alpha value is -2.26.